The second-order valence-electron chi connectivity index (χ2n) is 5.99. The number of hydrogen-bond acceptors (Lipinski definition) is 0. The average molecular weight is 196 g/mol. The van der Waals surface area contributed by atoms with Gasteiger partial charge in [0, 0.05) is 0 Å². The third-order valence-corrected chi connectivity index (χ3v) is 2.49. The summed E-state index contributed by atoms with van der Waals surface area (Å²) in [6.07, 6.45) is 0. The Balaban J connectivity index is 0.00000196. The van der Waals surface area contributed by atoms with Gasteiger partial charge >= 0.3 is 18.9 Å². The molecule has 1 heteroatoms. The van der Waals surface area contributed by atoms with E-state index in [2.05, 4.69) is 65.8 Å². The minimum atomic E-state index is 0. The molecule has 0 bridgehead atoms. The number of benzene rings is 1. The van der Waals surface area contributed by atoms with Crippen LogP contribution in [0.5, 0.6) is 0 Å². The van der Waals surface area contributed by atoms with Crippen molar-refractivity contribution in [2.45, 2.75) is 52.4 Å². The Kier molecular flexibility index (Phi) is 4.71. The maximum absolute atomic E-state index is 3.38. The molecule has 0 aliphatic carbocycles. The monoisotopic (exact) mass is 196 g/mol. The molecule has 0 heterocycles. The number of hydrogen-bond donors (Lipinski definition) is 0. The van der Waals surface area contributed by atoms with Gasteiger partial charge in [0.25, 0.3) is 0 Å². The molecule has 78 valence electrons. The Labute approximate surface area is 107 Å². The SMILES string of the molecule is CC(C)(C)c1[c-]cc(C(C)(C)C)cc1.[Li+]. The first-order valence-corrected chi connectivity index (χ1v) is 5.24. The van der Waals surface area contributed by atoms with Gasteiger partial charge in [0.05, 0.1) is 0 Å². The predicted octanol–water partition coefficient (Wildman–Crippen LogP) is 1.09. The van der Waals surface area contributed by atoms with Crippen LogP contribution in [0.3, 0.4) is 0 Å². The Morgan fingerprint density at radius 3 is 1.67 bits per heavy atom. The van der Waals surface area contributed by atoms with E-state index in [9.17, 15) is 0 Å². The molecule has 1 aromatic rings. The van der Waals surface area contributed by atoms with E-state index in [0.717, 1.165) is 0 Å². The molecule has 0 fully saturated rings. The van der Waals surface area contributed by atoms with E-state index in [1.807, 2.05) is 0 Å². The van der Waals surface area contributed by atoms with Crippen LogP contribution in [0.2, 0.25) is 0 Å². The molecule has 0 aliphatic heterocycles. The fourth-order valence-corrected chi connectivity index (χ4v) is 1.36. The molecule has 0 saturated carbocycles. The van der Waals surface area contributed by atoms with Gasteiger partial charge in [0.15, 0.2) is 0 Å². The van der Waals surface area contributed by atoms with E-state index in [-0.39, 0.29) is 29.7 Å². The van der Waals surface area contributed by atoms with Gasteiger partial charge in [-0.25, -0.2) is 0 Å². The maximum atomic E-state index is 3.38. The minimum Gasteiger partial charge on any atom is -0.180 e. The molecule has 1 rings (SSSR count). The smallest absolute Gasteiger partial charge is 0.180 e. The van der Waals surface area contributed by atoms with Gasteiger partial charge in [-0.05, 0) is 5.41 Å². The summed E-state index contributed by atoms with van der Waals surface area (Å²) in [4.78, 5) is 0. The van der Waals surface area contributed by atoms with E-state index in [0.29, 0.717) is 0 Å². The molecule has 0 atom stereocenters. The zero-order chi connectivity index (χ0) is 11.0. The van der Waals surface area contributed by atoms with Crippen LogP contribution in [-0.4, -0.2) is 0 Å². The van der Waals surface area contributed by atoms with Crippen molar-refractivity contribution in [2.75, 3.05) is 0 Å². The quantitative estimate of drug-likeness (QED) is 0.430. The Bertz CT molecular complexity index is 263. The summed E-state index contributed by atoms with van der Waals surface area (Å²) in [5.41, 5.74) is 3.07. The van der Waals surface area contributed by atoms with E-state index >= 15 is 0 Å². The summed E-state index contributed by atoms with van der Waals surface area (Å²) in [7, 11) is 0. The summed E-state index contributed by atoms with van der Waals surface area (Å²) in [5, 5.41) is 0. The molecule has 0 nitrogen and oxygen atoms in total. The van der Waals surface area contributed by atoms with Crippen molar-refractivity contribution < 1.29 is 18.9 Å². The van der Waals surface area contributed by atoms with E-state index < -0.39 is 0 Å². The van der Waals surface area contributed by atoms with E-state index in [1.165, 1.54) is 11.1 Å². The molecule has 0 aliphatic rings. The van der Waals surface area contributed by atoms with Gasteiger partial charge in [-0.15, -0.1) is 0 Å². The van der Waals surface area contributed by atoms with E-state index in [4.69, 9.17) is 0 Å². The summed E-state index contributed by atoms with van der Waals surface area (Å²) >= 11 is 0. The Hall–Kier alpha value is -0.183. The molecule has 0 N–H and O–H groups in total. The van der Waals surface area contributed by atoms with Crippen molar-refractivity contribution in [2.24, 2.45) is 0 Å². The largest absolute Gasteiger partial charge is 1.00 e. The fourth-order valence-electron chi connectivity index (χ4n) is 1.36. The van der Waals surface area contributed by atoms with Crippen molar-refractivity contribution in [3.05, 3.63) is 35.4 Å². The van der Waals surface area contributed by atoms with Gasteiger partial charge in [-0.2, -0.15) is 35.4 Å². The summed E-state index contributed by atoms with van der Waals surface area (Å²) < 4.78 is 0. The normalized spacial score (nSPS) is 12.1. The standard InChI is InChI=1S/C14H21.Li/c1-13(2,3)11-7-9-12(10-8-11)14(4,5)6;/h7-9H,1-6H3;/q-1;+1. The molecule has 0 aromatic heterocycles. The molecule has 0 amide bonds. The molecule has 0 unspecified atom stereocenters. The second kappa shape index (κ2) is 4.77. The minimum absolute atomic E-state index is 0. The van der Waals surface area contributed by atoms with Gasteiger partial charge in [-0.3, -0.25) is 0 Å². The van der Waals surface area contributed by atoms with Crippen molar-refractivity contribution in [3.63, 3.8) is 0 Å². The molecule has 0 saturated heterocycles. The summed E-state index contributed by atoms with van der Waals surface area (Å²) in [5.74, 6) is 0. The maximum Gasteiger partial charge on any atom is 1.00 e. The second-order valence-corrected chi connectivity index (χ2v) is 5.99. The molecule has 15 heavy (non-hydrogen) atoms. The van der Waals surface area contributed by atoms with Crippen LogP contribution < -0.4 is 18.9 Å². The first kappa shape index (κ1) is 14.8. The van der Waals surface area contributed by atoms with Gasteiger partial charge in [-0.1, -0.05) is 47.0 Å². The summed E-state index contributed by atoms with van der Waals surface area (Å²) in [6.45, 7) is 13.3. The Morgan fingerprint density at radius 2 is 1.40 bits per heavy atom. The van der Waals surface area contributed by atoms with Gasteiger partial charge in [0.2, 0.25) is 0 Å². The molecule has 0 spiro atoms. The number of rotatable bonds is 0. The Morgan fingerprint density at radius 1 is 0.867 bits per heavy atom. The van der Waals surface area contributed by atoms with E-state index in [1.54, 1.807) is 0 Å². The van der Waals surface area contributed by atoms with Gasteiger partial charge < -0.3 is 0 Å². The van der Waals surface area contributed by atoms with Crippen LogP contribution in [0.1, 0.15) is 52.7 Å². The van der Waals surface area contributed by atoms with Crippen LogP contribution in [0.25, 0.3) is 0 Å². The van der Waals surface area contributed by atoms with Crippen LogP contribution >= 0.6 is 0 Å². The van der Waals surface area contributed by atoms with Crippen LogP contribution in [0.15, 0.2) is 18.2 Å². The van der Waals surface area contributed by atoms with Crippen LogP contribution in [0.4, 0.5) is 0 Å². The van der Waals surface area contributed by atoms with Crippen molar-refractivity contribution >= 4 is 0 Å². The van der Waals surface area contributed by atoms with Crippen molar-refractivity contribution in [3.8, 4) is 0 Å². The first-order valence-electron chi connectivity index (χ1n) is 5.24. The molecule has 0 radical (unpaired) electrons. The van der Waals surface area contributed by atoms with Gasteiger partial charge in [0.1, 0.15) is 0 Å². The molecular weight excluding hydrogens is 175 g/mol. The molecule has 1 aromatic carbocycles. The zero-order valence-corrected chi connectivity index (χ0v) is 11.2. The topological polar surface area (TPSA) is 0 Å². The fraction of sp³-hybridized carbons (Fsp3) is 0.571. The van der Waals surface area contributed by atoms with Crippen LogP contribution in [0, 0.1) is 6.07 Å². The van der Waals surface area contributed by atoms with Crippen molar-refractivity contribution in [1.29, 1.82) is 0 Å². The summed E-state index contributed by atoms with van der Waals surface area (Å²) in [6, 6.07) is 9.92. The zero-order valence-electron chi connectivity index (χ0n) is 11.2. The first-order chi connectivity index (χ1) is 6.21. The molecular formula is C14H21Li. The average Bonchev–Trinajstić information content (AvgIpc) is 2.01. The van der Waals surface area contributed by atoms with Crippen LogP contribution in [-0.2, 0) is 10.8 Å². The predicted molar refractivity (Wildman–Crippen MR) is 62.7 cm³/mol. The third kappa shape index (κ3) is 4.05. The third-order valence-electron chi connectivity index (χ3n) is 2.49. The van der Waals surface area contributed by atoms with Crippen molar-refractivity contribution in [1.82, 2.24) is 0 Å².